The summed E-state index contributed by atoms with van der Waals surface area (Å²) >= 11 is 0. The molecule has 0 aliphatic rings. The first-order valence-corrected chi connectivity index (χ1v) is 6.29. The smallest absolute Gasteiger partial charge is 0.159 e. The van der Waals surface area contributed by atoms with E-state index in [1.807, 2.05) is 13.8 Å². The summed E-state index contributed by atoms with van der Waals surface area (Å²) in [5.74, 6) is -2.15. The van der Waals surface area contributed by atoms with Crippen LogP contribution >= 0.6 is 0 Å². The van der Waals surface area contributed by atoms with Crippen molar-refractivity contribution in [2.24, 2.45) is 5.73 Å². The second-order valence-corrected chi connectivity index (χ2v) is 5.38. The molecule has 4 heteroatoms. The summed E-state index contributed by atoms with van der Waals surface area (Å²) in [6, 6.07) is 9.10. The molecule has 0 spiro atoms. The van der Waals surface area contributed by atoms with E-state index < -0.39 is 23.1 Å². The molecule has 0 radical (unpaired) electrons. The SMILES string of the molecule is CC(C)(c1ccc(F)cc1)C(N)c1ccc(F)c(F)c1. The van der Waals surface area contributed by atoms with Crippen molar-refractivity contribution in [3.05, 3.63) is 71.0 Å². The molecule has 2 aromatic carbocycles. The van der Waals surface area contributed by atoms with Crippen LogP contribution in [0.4, 0.5) is 13.2 Å². The molecule has 0 amide bonds. The highest BCUT2D eigenvalue weighted by Crippen LogP contribution is 2.35. The highest BCUT2D eigenvalue weighted by molar-refractivity contribution is 5.32. The van der Waals surface area contributed by atoms with E-state index in [2.05, 4.69) is 0 Å². The Hall–Kier alpha value is -1.81. The van der Waals surface area contributed by atoms with Gasteiger partial charge in [0.25, 0.3) is 0 Å². The zero-order valence-electron chi connectivity index (χ0n) is 11.3. The third kappa shape index (κ3) is 2.70. The summed E-state index contributed by atoms with van der Waals surface area (Å²) in [4.78, 5) is 0. The summed E-state index contributed by atoms with van der Waals surface area (Å²) < 4.78 is 39.2. The molecule has 2 N–H and O–H groups in total. The van der Waals surface area contributed by atoms with Crippen molar-refractivity contribution >= 4 is 0 Å². The van der Waals surface area contributed by atoms with Crippen LogP contribution in [0, 0.1) is 17.5 Å². The van der Waals surface area contributed by atoms with E-state index in [4.69, 9.17) is 5.73 Å². The highest BCUT2D eigenvalue weighted by Gasteiger charge is 2.30. The van der Waals surface area contributed by atoms with Crippen molar-refractivity contribution in [2.75, 3.05) is 0 Å². The predicted octanol–water partition coefficient (Wildman–Crippen LogP) is 4.08. The third-order valence-corrected chi connectivity index (χ3v) is 3.67. The van der Waals surface area contributed by atoms with Crippen molar-refractivity contribution in [1.82, 2.24) is 0 Å². The standard InChI is InChI=1S/C16H16F3N/c1-16(2,11-4-6-12(17)7-5-11)15(20)10-3-8-13(18)14(19)9-10/h3-9,15H,20H2,1-2H3. The van der Waals surface area contributed by atoms with E-state index in [0.29, 0.717) is 5.56 Å². The van der Waals surface area contributed by atoms with Crippen molar-refractivity contribution in [3.8, 4) is 0 Å². The van der Waals surface area contributed by atoms with Crippen LogP contribution in [0.5, 0.6) is 0 Å². The van der Waals surface area contributed by atoms with E-state index in [9.17, 15) is 13.2 Å². The number of benzene rings is 2. The Morgan fingerprint density at radius 3 is 2.05 bits per heavy atom. The lowest BCUT2D eigenvalue weighted by molar-refractivity contribution is 0.416. The van der Waals surface area contributed by atoms with Crippen LogP contribution in [-0.2, 0) is 5.41 Å². The van der Waals surface area contributed by atoms with Crippen molar-refractivity contribution in [1.29, 1.82) is 0 Å². The van der Waals surface area contributed by atoms with Gasteiger partial charge in [0.05, 0.1) is 0 Å². The van der Waals surface area contributed by atoms with Crippen molar-refractivity contribution in [3.63, 3.8) is 0 Å². The average molecular weight is 279 g/mol. The maximum absolute atomic E-state index is 13.3. The van der Waals surface area contributed by atoms with E-state index in [0.717, 1.165) is 17.7 Å². The Kier molecular flexibility index (Phi) is 3.86. The first kappa shape index (κ1) is 14.6. The number of hydrogen-bond donors (Lipinski definition) is 1. The Balaban J connectivity index is 2.37. The molecule has 0 bridgehead atoms. The molecular formula is C16H16F3N. The van der Waals surface area contributed by atoms with Gasteiger partial charge in [-0.3, -0.25) is 0 Å². The quantitative estimate of drug-likeness (QED) is 0.900. The molecule has 20 heavy (non-hydrogen) atoms. The minimum Gasteiger partial charge on any atom is -0.323 e. The van der Waals surface area contributed by atoms with Gasteiger partial charge in [0.15, 0.2) is 11.6 Å². The summed E-state index contributed by atoms with van der Waals surface area (Å²) in [5.41, 5.74) is 6.96. The number of hydrogen-bond acceptors (Lipinski definition) is 1. The minimum absolute atomic E-state index is 0.328. The Morgan fingerprint density at radius 1 is 0.900 bits per heavy atom. The van der Waals surface area contributed by atoms with Gasteiger partial charge < -0.3 is 5.73 Å². The summed E-state index contributed by atoms with van der Waals surface area (Å²) in [6.07, 6.45) is 0. The molecular weight excluding hydrogens is 263 g/mol. The van der Waals surface area contributed by atoms with Gasteiger partial charge >= 0.3 is 0 Å². The van der Waals surface area contributed by atoms with E-state index >= 15 is 0 Å². The van der Waals surface area contributed by atoms with Crippen LogP contribution in [0.1, 0.15) is 31.0 Å². The van der Waals surface area contributed by atoms with Crippen LogP contribution in [0.3, 0.4) is 0 Å². The van der Waals surface area contributed by atoms with E-state index in [1.54, 1.807) is 12.1 Å². The third-order valence-electron chi connectivity index (χ3n) is 3.67. The molecule has 1 unspecified atom stereocenters. The average Bonchev–Trinajstić information content (AvgIpc) is 2.41. The molecule has 0 saturated heterocycles. The van der Waals surface area contributed by atoms with Gasteiger partial charge in [0, 0.05) is 11.5 Å². The Bertz CT molecular complexity index is 606. The van der Waals surface area contributed by atoms with Gasteiger partial charge in [-0.15, -0.1) is 0 Å². The van der Waals surface area contributed by atoms with Crippen LogP contribution in [0.2, 0.25) is 0 Å². The molecule has 0 aliphatic carbocycles. The summed E-state index contributed by atoms with van der Waals surface area (Å²) in [6.45, 7) is 3.76. The maximum Gasteiger partial charge on any atom is 0.159 e. The molecule has 0 saturated carbocycles. The Morgan fingerprint density at radius 2 is 1.50 bits per heavy atom. The molecule has 1 atom stereocenters. The lowest BCUT2D eigenvalue weighted by Gasteiger charge is -2.32. The molecule has 2 rings (SSSR count). The van der Waals surface area contributed by atoms with Gasteiger partial charge in [0.1, 0.15) is 5.82 Å². The molecule has 1 nitrogen and oxygen atoms in total. The van der Waals surface area contributed by atoms with Crippen LogP contribution in [0.25, 0.3) is 0 Å². The zero-order valence-corrected chi connectivity index (χ0v) is 11.3. The van der Waals surface area contributed by atoms with Gasteiger partial charge in [-0.05, 0) is 35.4 Å². The van der Waals surface area contributed by atoms with Crippen LogP contribution in [-0.4, -0.2) is 0 Å². The van der Waals surface area contributed by atoms with Gasteiger partial charge in [-0.2, -0.15) is 0 Å². The van der Waals surface area contributed by atoms with Crippen LogP contribution < -0.4 is 5.73 Å². The summed E-state index contributed by atoms with van der Waals surface area (Å²) in [7, 11) is 0. The molecule has 0 fully saturated rings. The fourth-order valence-corrected chi connectivity index (χ4v) is 2.18. The normalized spacial score (nSPS) is 13.3. The Labute approximate surface area is 116 Å². The van der Waals surface area contributed by atoms with Gasteiger partial charge in [-0.25, -0.2) is 13.2 Å². The predicted molar refractivity (Wildman–Crippen MR) is 72.7 cm³/mol. The minimum atomic E-state index is -0.923. The topological polar surface area (TPSA) is 26.0 Å². The second kappa shape index (κ2) is 5.29. The van der Waals surface area contributed by atoms with Gasteiger partial charge in [-0.1, -0.05) is 32.0 Å². The lowest BCUT2D eigenvalue weighted by atomic mass is 9.75. The number of halogens is 3. The molecule has 106 valence electrons. The fraction of sp³-hybridized carbons (Fsp3) is 0.250. The number of nitrogens with two attached hydrogens (primary N) is 1. The van der Waals surface area contributed by atoms with Crippen LogP contribution in [0.15, 0.2) is 42.5 Å². The second-order valence-electron chi connectivity index (χ2n) is 5.38. The molecule has 2 aromatic rings. The lowest BCUT2D eigenvalue weighted by Crippen LogP contribution is -2.33. The maximum atomic E-state index is 13.3. The van der Waals surface area contributed by atoms with Crippen molar-refractivity contribution < 1.29 is 13.2 Å². The largest absolute Gasteiger partial charge is 0.323 e. The summed E-state index contributed by atoms with van der Waals surface area (Å²) in [5, 5.41) is 0. The van der Waals surface area contributed by atoms with E-state index in [-0.39, 0.29) is 5.82 Å². The monoisotopic (exact) mass is 279 g/mol. The fourth-order valence-electron chi connectivity index (χ4n) is 2.18. The van der Waals surface area contributed by atoms with E-state index in [1.165, 1.54) is 18.2 Å². The first-order chi connectivity index (χ1) is 9.32. The number of rotatable bonds is 3. The molecule has 0 aromatic heterocycles. The molecule has 0 aliphatic heterocycles. The first-order valence-electron chi connectivity index (χ1n) is 6.29. The molecule has 0 heterocycles. The zero-order chi connectivity index (χ0) is 14.9. The van der Waals surface area contributed by atoms with Gasteiger partial charge in [0.2, 0.25) is 0 Å². The highest BCUT2D eigenvalue weighted by atomic mass is 19.2. The van der Waals surface area contributed by atoms with Crippen molar-refractivity contribution in [2.45, 2.75) is 25.3 Å².